The molecule has 2 unspecified atom stereocenters. The Morgan fingerprint density at radius 3 is 2.32 bits per heavy atom. The highest BCUT2D eigenvalue weighted by Gasteiger charge is 2.67. The van der Waals surface area contributed by atoms with E-state index in [1.165, 1.54) is 0 Å². The molecule has 4 aliphatic heterocycles. The fourth-order valence-electron chi connectivity index (χ4n) is 4.62. The average molecular weight is 368 g/mol. The van der Waals surface area contributed by atoms with Crippen molar-refractivity contribution in [3.63, 3.8) is 0 Å². The highest BCUT2D eigenvalue weighted by atomic mass is 35.5. The van der Waals surface area contributed by atoms with E-state index in [0.29, 0.717) is 38.3 Å². The van der Waals surface area contributed by atoms with Gasteiger partial charge in [0.2, 0.25) is 17.2 Å². The number of aromatic nitrogens is 3. The first kappa shape index (κ1) is 16.0. The largest absolute Gasteiger partial charge is 0.378 e. The molecule has 1 spiro atoms. The molecule has 1 aromatic heterocycles. The van der Waals surface area contributed by atoms with E-state index in [0.717, 1.165) is 19.8 Å². The lowest BCUT2D eigenvalue weighted by Crippen LogP contribution is -2.71. The second-order valence-corrected chi connectivity index (χ2v) is 8.26. The smallest absolute Gasteiger partial charge is 0.232 e. The Balaban J connectivity index is 1.50. The molecule has 0 bridgehead atoms. The van der Waals surface area contributed by atoms with Gasteiger partial charge in [0, 0.05) is 6.54 Å². The fraction of sp³-hybridized carbons (Fsp3) is 0.812. The van der Waals surface area contributed by atoms with Gasteiger partial charge in [0.25, 0.3) is 0 Å². The van der Waals surface area contributed by atoms with Crippen molar-refractivity contribution in [3.8, 4) is 0 Å². The first-order valence-electron chi connectivity index (χ1n) is 8.72. The van der Waals surface area contributed by atoms with E-state index in [4.69, 9.17) is 30.8 Å². The van der Waals surface area contributed by atoms with E-state index in [-0.39, 0.29) is 28.3 Å². The van der Waals surface area contributed by atoms with Crippen LogP contribution >= 0.6 is 11.6 Å². The van der Waals surface area contributed by atoms with Crippen molar-refractivity contribution >= 4 is 23.5 Å². The van der Waals surface area contributed by atoms with Gasteiger partial charge in [0.15, 0.2) is 0 Å². The van der Waals surface area contributed by atoms with Crippen LogP contribution in [0.2, 0.25) is 5.28 Å². The van der Waals surface area contributed by atoms with Crippen molar-refractivity contribution in [2.24, 2.45) is 5.41 Å². The van der Waals surface area contributed by atoms with Crippen LogP contribution in [0.3, 0.4) is 0 Å². The number of hydrogen-bond donors (Lipinski definition) is 0. The van der Waals surface area contributed by atoms with E-state index >= 15 is 0 Å². The number of nitrogens with zero attached hydrogens (tertiary/aromatic N) is 5. The van der Waals surface area contributed by atoms with Crippen molar-refractivity contribution in [2.75, 3.05) is 56.0 Å². The lowest BCUT2D eigenvalue weighted by molar-refractivity contribution is 0.0633. The van der Waals surface area contributed by atoms with Gasteiger partial charge in [0.1, 0.15) is 0 Å². The molecule has 4 fully saturated rings. The number of ether oxygens (including phenoxy) is 3. The van der Waals surface area contributed by atoms with E-state index in [2.05, 4.69) is 33.6 Å². The minimum Gasteiger partial charge on any atom is -0.378 e. The lowest BCUT2D eigenvalue weighted by atomic mass is 9.69. The molecule has 0 radical (unpaired) electrons. The van der Waals surface area contributed by atoms with Gasteiger partial charge in [-0.1, -0.05) is 0 Å². The SMILES string of the molecule is CC1(C)COCCN1c1nc(Cl)nc(N2C3COCC34COCC24)n1. The van der Waals surface area contributed by atoms with Crippen LogP contribution in [-0.4, -0.2) is 78.8 Å². The van der Waals surface area contributed by atoms with E-state index in [1.54, 1.807) is 0 Å². The molecule has 25 heavy (non-hydrogen) atoms. The summed E-state index contributed by atoms with van der Waals surface area (Å²) >= 11 is 6.26. The number of anilines is 2. The summed E-state index contributed by atoms with van der Waals surface area (Å²) in [5, 5.41) is 0.220. The first-order chi connectivity index (χ1) is 12.0. The summed E-state index contributed by atoms with van der Waals surface area (Å²) in [4.78, 5) is 17.9. The van der Waals surface area contributed by atoms with Gasteiger partial charge in [-0.2, -0.15) is 15.0 Å². The second-order valence-electron chi connectivity index (χ2n) is 7.92. The number of hydrogen-bond acceptors (Lipinski definition) is 8. The summed E-state index contributed by atoms with van der Waals surface area (Å²) in [6, 6.07) is 0.507. The van der Waals surface area contributed by atoms with Crippen molar-refractivity contribution in [3.05, 3.63) is 5.28 Å². The van der Waals surface area contributed by atoms with Crippen molar-refractivity contribution < 1.29 is 14.2 Å². The summed E-state index contributed by atoms with van der Waals surface area (Å²) in [7, 11) is 0. The molecule has 2 atom stereocenters. The Morgan fingerprint density at radius 2 is 1.64 bits per heavy atom. The van der Waals surface area contributed by atoms with Gasteiger partial charge in [-0.05, 0) is 25.4 Å². The Hall–Kier alpha value is -1.22. The third-order valence-electron chi connectivity index (χ3n) is 5.99. The van der Waals surface area contributed by atoms with Gasteiger partial charge >= 0.3 is 0 Å². The molecule has 0 amide bonds. The van der Waals surface area contributed by atoms with Gasteiger partial charge in [-0.15, -0.1) is 0 Å². The molecule has 0 N–H and O–H groups in total. The summed E-state index contributed by atoms with van der Waals surface area (Å²) in [5.74, 6) is 1.23. The number of rotatable bonds is 2. The molecule has 5 heterocycles. The lowest BCUT2D eigenvalue weighted by Gasteiger charge is -2.55. The van der Waals surface area contributed by atoms with Crippen molar-refractivity contribution in [1.29, 1.82) is 0 Å². The third kappa shape index (κ3) is 2.21. The van der Waals surface area contributed by atoms with Gasteiger partial charge < -0.3 is 24.0 Å². The quantitative estimate of drug-likeness (QED) is 0.758. The highest BCUT2D eigenvalue weighted by molar-refractivity contribution is 6.28. The Bertz CT molecular complexity index is 682. The van der Waals surface area contributed by atoms with Gasteiger partial charge in [-0.3, -0.25) is 0 Å². The predicted molar refractivity (Wildman–Crippen MR) is 91.2 cm³/mol. The maximum Gasteiger partial charge on any atom is 0.232 e. The predicted octanol–water partition coefficient (Wildman–Crippen LogP) is 0.744. The first-order valence-corrected chi connectivity index (χ1v) is 9.10. The zero-order chi connectivity index (χ0) is 17.2. The molecule has 8 nitrogen and oxygen atoms in total. The zero-order valence-corrected chi connectivity index (χ0v) is 15.2. The van der Waals surface area contributed by atoms with Crippen LogP contribution in [0.1, 0.15) is 13.8 Å². The second kappa shape index (κ2) is 5.39. The van der Waals surface area contributed by atoms with E-state index in [1.807, 2.05) is 0 Å². The maximum atomic E-state index is 6.26. The zero-order valence-electron chi connectivity index (χ0n) is 14.4. The molecule has 0 saturated carbocycles. The van der Waals surface area contributed by atoms with E-state index in [9.17, 15) is 0 Å². The molecular formula is C16H22ClN5O3. The molecule has 1 aromatic rings. The van der Waals surface area contributed by atoms with Crippen LogP contribution in [0.15, 0.2) is 0 Å². The Morgan fingerprint density at radius 1 is 0.960 bits per heavy atom. The fourth-order valence-corrected chi connectivity index (χ4v) is 4.78. The molecule has 9 heteroatoms. The minimum absolute atomic E-state index is 0.0947. The normalized spacial score (nSPS) is 36.1. The molecule has 0 aliphatic carbocycles. The van der Waals surface area contributed by atoms with Gasteiger partial charge in [0.05, 0.1) is 62.7 Å². The summed E-state index contributed by atoms with van der Waals surface area (Å²) < 4.78 is 17.1. The number of halogens is 1. The topological polar surface area (TPSA) is 72.8 Å². The van der Waals surface area contributed by atoms with Crippen LogP contribution < -0.4 is 9.80 Å². The standard InChI is InChI=1S/C16H22ClN5O3/c1-15(2)7-23-4-3-21(15)13-18-12(17)19-14(20-13)22-10-5-24-8-16(10)9-25-6-11(16)22/h10-11H,3-9H2,1-2H3. The minimum atomic E-state index is -0.189. The van der Waals surface area contributed by atoms with Crippen LogP contribution in [0.5, 0.6) is 0 Å². The molecule has 0 aromatic carbocycles. The van der Waals surface area contributed by atoms with Crippen LogP contribution in [0.25, 0.3) is 0 Å². The number of morpholine rings is 1. The van der Waals surface area contributed by atoms with E-state index < -0.39 is 0 Å². The summed E-state index contributed by atoms with van der Waals surface area (Å²) in [6.45, 7) is 9.12. The van der Waals surface area contributed by atoms with Gasteiger partial charge in [-0.25, -0.2) is 0 Å². The van der Waals surface area contributed by atoms with Crippen molar-refractivity contribution in [2.45, 2.75) is 31.5 Å². The summed E-state index contributed by atoms with van der Waals surface area (Å²) in [6.07, 6.45) is 0. The maximum absolute atomic E-state index is 6.26. The molecular weight excluding hydrogens is 346 g/mol. The van der Waals surface area contributed by atoms with Crippen LogP contribution in [-0.2, 0) is 14.2 Å². The molecule has 136 valence electrons. The Labute approximate surface area is 151 Å². The summed E-state index contributed by atoms with van der Waals surface area (Å²) in [5.41, 5.74) is -0.0939. The molecule has 4 aliphatic rings. The molecule has 5 rings (SSSR count). The molecule has 4 saturated heterocycles. The van der Waals surface area contributed by atoms with Crippen LogP contribution in [0.4, 0.5) is 11.9 Å². The highest BCUT2D eigenvalue weighted by Crippen LogP contribution is 2.53. The van der Waals surface area contributed by atoms with Crippen LogP contribution in [0, 0.1) is 5.41 Å². The third-order valence-corrected chi connectivity index (χ3v) is 6.16. The van der Waals surface area contributed by atoms with Crippen molar-refractivity contribution in [1.82, 2.24) is 15.0 Å². The Kier molecular flexibility index (Phi) is 3.45. The average Bonchev–Trinajstić information content (AvgIpc) is 3.09. The monoisotopic (exact) mass is 367 g/mol.